The minimum absolute atomic E-state index is 0.186. The van der Waals surface area contributed by atoms with Crippen molar-refractivity contribution < 1.29 is 4.74 Å². The number of aryl methyl sites for hydroxylation is 1. The van der Waals surface area contributed by atoms with Crippen LogP contribution in [-0.2, 0) is 7.05 Å². The van der Waals surface area contributed by atoms with Gasteiger partial charge in [0.15, 0.2) is 0 Å². The van der Waals surface area contributed by atoms with Gasteiger partial charge in [-0.1, -0.05) is 0 Å². The summed E-state index contributed by atoms with van der Waals surface area (Å²) in [6, 6.07) is 7.19. The van der Waals surface area contributed by atoms with Crippen LogP contribution in [0, 0.1) is 0 Å². The van der Waals surface area contributed by atoms with E-state index in [-0.39, 0.29) is 5.56 Å². The van der Waals surface area contributed by atoms with Crippen molar-refractivity contribution in [2.45, 2.75) is 0 Å². The fourth-order valence-corrected chi connectivity index (χ4v) is 2.05. The van der Waals surface area contributed by atoms with Crippen molar-refractivity contribution in [2.75, 3.05) is 24.2 Å². The molecule has 7 heteroatoms. The minimum atomic E-state index is -0.186. The first-order valence-corrected chi connectivity index (χ1v) is 6.81. The summed E-state index contributed by atoms with van der Waals surface area (Å²) < 4.78 is 7.26. The number of nitrogen functional groups attached to an aromatic ring is 1. The number of ether oxygens (including phenoxy) is 1. The smallest absolute Gasteiger partial charge is 0.282 e. The van der Waals surface area contributed by atoms with Crippen LogP contribution in [0.15, 0.2) is 39.7 Å². The van der Waals surface area contributed by atoms with Crippen molar-refractivity contribution in [3.8, 4) is 5.75 Å². The Labute approximate surface area is 124 Å². The number of rotatable bonds is 5. The zero-order valence-corrected chi connectivity index (χ0v) is 12.6. The predicted octanol–water partition coefficient (Wildman–Crippen LogP) is 1.62. The van der Waals surface area contributed by atoms with E-state index in [1.54, 1.807) is 25.4 Å². The Hall–Kier alpha value is -2.02. The van der Waals surface area contributed by atoms with Crippen LogP contribution in [0.5, 0.6) is 5.75 Å². The summed E-state index contributed by atoms with van der Waals surface area (Å²) in [6.07, 6.45) is 1.59. The van der Waals surface area contributed by atoms with E-state index in [1.165, 1.54) is 4.68 Å². The molecule has 6 nitrogen and oxygen atoms in total. The van der Waals surface area contributed by atoms with Crippen LogP contribution in [-0.4, -0.2) is 22.9 Å². The van der Waals surface area contributed by atoms with Gasteiger partial charge in [0.2, 0.25) is 0 Å². The maximum absolute atomic E-state index is 11.6. The lowest BCUT2D eigenvalue weighted by Crippen LogP contribution is -2.22. The van der Waals surface area contributed by atoms with E-state index in [0.717, 1.165) is 5.75 Å². The molecule has 1 heterocycles. The Kier molecular flexibility index (Phi) is 4.62. The average Bonchev–Trinajstić information content (AvgIpc) is 2.45. The fourth-order valence-electron chi connectivity index (χ4n) is 1.55. The second-order valence-corrected chi connectivity index (χ2v) is 4.94. The van der Waals surface area contributed by atoms with Crippen LogP contribution in [0.1, 0.15) is 0 Å². The molecule has 1 aromatic carbocycles. The predicted molar refractivity (Wildman–Crippen MR) is 82.0 cm³/mol. The molecule has 0 saturated heterocycles. The van der Waals surface area contributed by atoms with Gasteiger partial charge in [0.05, 0.1) is 11.9 Å². The van der Waals surface area contributed by atoms with Gasteiger partial charge in [-0.05, 0) is 40.2 Å². The summed E-state index contributed by atoms with van der Waals surface area (Å²) in [7, 11) is 1.60. The Morgan fingerprint density at radius 2 is 2.10 bits per heavy atom. The number of nitrogens with one attached hydrogen (secondary N) is 1. The second kappa shape index (κ2) is 6.42. The number of aromatic nitrogens is 2. The number of anilines is 2. The van der Waals surface area contributed by atoms with E-state index in [9.17, 15) is 4.79 Å². The van der Waals surface area contributed by atoms with Crippen LogP contribution in [0.2, 0.25) is 0 Å². The van der Waals surface area contributed by atoms with Crippen molar-refractivity contribution in [3.63, 3.8) is 0 Å². The second-order valence-electron chi connectivity index (χ2n) is 4.15. The SMILES string of the molecule is Cn1ncc(NCCOc2ccc(N)cc2)c(Br)c1=O. The van der Waals surface area contributed by atoms with Crippen molar-refractivity contribution in [1.29, 1.82) is 0 Å². The first kappa shape index (κ1) is 14.4. The van der Waals surface area contributed by atoms with E-state index in [1.807, 2.05) is 12.1 Å². The van der Waals surface area contributed by atoms with Crippen LogP contribution in [0.25, 0.3) is 0 Å². The first-order valence-electron chi connectivity index (χ1n) is 6.02. The molecular formula is C13H15BrN4O2. The highest BCUT2D eigenvalue weighted by Crippen LogP contribution is 2.16. The zero-order valence-electron chi connectivity index (χ0n) is 11.0. The molecular weight excluding hydrogens is 324 g/mol. The van der Waals surface area contributed by atoms with Crippen molar-refractivity contribution in [2.24, 2.45) is 7.05 Å². The number of nitrogens with zero attached hydrogens (tertiary/aromatic N) is 2. The van der Waals surface area contributed by atoms with Gasteiger partial charge in [-0.25, -0.2) is 4.68 Å². The quantitative estimate of drug-likeness (QED) is 0.639. The van der Waals surface area contributed by atoms with E-state index in [2.05, 4.69) is 26.3 Å². The van der Waals surface area contributed by atoms with Crippen LogP contribution in [0.3, 0.4) is 0 Å². The molecule has 0 unspecified atom stereocenters. The zero-order chi connectivity index (χ0) is 14.5. The van der Waals surface area contributed by atoms with Gasteiger partial charge in [0.25, 0.3) is 5.56 Å². The number of hydrogen-bond donors (Lipinski definition) is 2. The van der Waals surface area contributed by atoms with Crippen LogP contribution in [0.4, 0.5) is 11.4 Å². The topological polar surface area (TPSA) is 82.2 Å². The molecule has 0 aliphatic carbocycles. The first-order chi connectivity index (χ1) is 9.58. The molecule has 2 aromatic rings. The highest BCUT2D eigenvalue weighted by molar-refractivity contribution is 9.10. The fraction of sp³-hybridized carbons (Fsp3) is 0.231. The molecule has 0 radical (unpaired) electrons. The molecule has 3 N–H and O–H groups in total. The van der Waals surface area contributed by atoms with Gasteiger partial charge in [-0.2, -0.15) is 5.10 Å². The summed E-state index contributed by atoms with van der Waals surface area (Å²) in [6.45, 7) is 1.02. The number of nitrogens with two attached hydrogens (primary N) is 1. The number of halogens is 1. The van der Waals surface area contributed by atoms with Crippen molar-refractivity contribution in [3.05, 3.63) is 45.3 Å². The van der Waals surface area contributed by atoms with Crippen molar-refractivity contribution >= 4 is 27.3 Å². The normalized spacial score (nSPS) is 10.3. The lowest BCUT2D eigenvalue weighted by atomic mass is 10.3. The molecule has 0 atom stereocenters. The molecule has 1 aromatic heterocycles. The van der Waals surface area contributed by atoms with E-state index in [0.29, 0.717) is 29.0 Å². The Balaban J connectivity index is 1.86. The summed E-state index contributed by atoms with van der Waals surface area (Å²) in [4.78, 5) is 11.6. The Morgan fingerprint density at radius 3 is 2.80 bits per heavy atom. The third-order valence-electron chi connectivity index (χ3n) is 2.64. The van der Waals surface area contributed by atoms with E-state index < -0.39 is 0 Å². The van der Waals surface area contributed by atoms with Crippen LogP contribution >= 0.6 is 15.9 Å². The summed E-state index contributed by atoms with van der Waals surface area (Å²) in [5, 5.41) is 7.03. The lowest BCUT2D eigenvalue weighted by molar-refractivity contribution is 0.333. The third-order valence-corrected chi connectivity index (χ3v) is 3.41. The molecule has 0 aliphatic rings. The van der Waals surface area contributed by atoms with E-state index in [4.69, 9.17) is 10.5 Å². The minimum Gasteiger partial charge on any atom is -0.492 e. The molecule has 2 rings (SSSR count). The van der Waals surface area contributed by atoms with Gasteiger partial charge in [-0.15, -0.1) is 0 Å². The maximum atomic E-state index is 11.6. The highest BCUT2D eigenvalue weighted by atomic mass is 79.9. The van der Waals surface area contributed by atoms with Crippen molar-refractivity contribution in [1.82, 2.24) is 9.78 Å². The van der Waals surface area contributed by atoms with E-state index >= 15 is 0 Å². The largest absolute Gasteiger partial charge is 0.492 e. The summed E-state index contributed by atoms with van der Waals surface area (Å²) >= 11 is 3.25. The maximum Gasteiger partial charge on any atom is 0.282 e. The molecule has 20 heavy (non-hydrogen) atoms. The average molecular weight is 339 g/mol. The lowest BCUT2D eigenvalue weighted by Gasteiger charge is -2.10. The van der Waals surface area contributed by atoms with Gasteiger partial charge in [0, 0.05) is 19.3 Å². The molecule has 0 amide bonds. The molecule has 0 aliphatic heterocycles. The standard InChI is InChI=1S/C13H15BrN4O2/c1-18-13(19)12(14)11(8-17-18)16-6-7-20-10-4-2-9(15)3-5-10/h2-5,8,16H,6-7,15H2,1H3. The highest BCUT2D eigenvalue weighted by Gasteiger charge is 2.05. The number of hydrogen-bond acceptors (Lipinski definition) is 5. The van der Waals surface area contributed by atoms with Gasteiger partial charge in [0.1, 0.15) is 16.8 Å². The monoisotopic (exact) mass is 338 g/mol. The van der Waals surface area contributed by atoms with Gasteiger partial charge in [-0.3, -0.25) is 4.79 Å². The van der Waals surface area contributed by atoms with Gasteiger partial charge >= 0.3 is 0 Å². The molecule has 0 saturated carbocycles. The van der Waals surface area contributed by atoms with Gasteiger partial charge < -0.3 is 15.8 Å². The number of benzene rings is 1. The Morgan fingerprint density at radius 1 is 1.40 bits per heavy atom. The third kappa shape index (κ3) is 3.51. The summed E-state index contributed by atoms with van der Waals surface area (Å²) in [5.74, 6) is 0.752. The molecule has 106 valence electrons. The van der Waals surface area contributed by atoms with Crippen LogP contribution < -0.4 is 21.3 Å². The Bertz CT molecular complexity index is 640. The summed E-state index contributed by atoms with van der Waals surface area (Å²) in [5.41, 5.74) is 6.75. The molecule has 0 fully saturated rings. The molecule has 0 spiro atoms. The molecule has 0 bridgehead atoms.